The van der Waals surface area contributed by atoms with E-state index < -0.39 is 6.29 Å². The number of carbonyl (C=O) groups excluding carboxylic acids is 1. The molecule has 0 saturated carbocycles. The molecule has 2 N–H and O–H groups in total. The molecule has 1 amide bonds. The summed E-state index contributed by atoms with van der Waals surface area (Å²) in [4.78, 5) is 24.1. The second kappa shape index (κ2) is 13.7. The first-order chi connectivity index (χ1) is 21.9. The van der Waals surface area contributed by atoms with Gasteiger partial charge in [0.2, 0.25) is 0 Å². The number of nitrogens with zero attached hydrogens (tertiary/aromatic N) is 3. The van der Waals surface area contributed by atoms with E-state index in [0.717, 1.165) is 22.2 Å². The fourth-order valence-electron chi connectivity index (χ4n) is 5.74. The minimum absolute atomic E-state index is 0.00574. The molecule has 8 nitrogen and oxygen atoms in total. The number of anilines is 1. The van der Waals surface area contributed by atoms with Crippen molar-refractivity contribution in [3.63, 3.8) is 0 Å². The number of benzene rings is 4. The number of nitrogens with one attached hydrogen (secondary N) is 1. The zero-order chi connectivity index (χ0) is 31.3. The molecule has 0 spiro atoms. The second-order valence-electron chi connectivity index (χ2n) is 11.7. The average Bonchev–Trinajstić information content (AvgIpc) is 3.09. The van der Waals surface area contributed by atoms with Crippen molar-refractivity contribution in [3.05, 3.63) is 137 Å². The molecule has 1 aliphatic heterocycles. The molecule has 5 atom stereocenters. The summed E-state index contributed by atoms with van der Waals surface area (Å²) >= 11 is 0. The summed E-state index contributed by atoms with van der Waals surface area (Å²) in [5.41, 5.74) is 6.28. The van der Waals surface area contributed by atoms with E-state index in [0.29, 0.717) is 17.7 Å². The Labute approximate surface area is 263 Å². The topological polar surface area (TPSA) is 96.8 Å². The first-order valence-electron chi connectivity index (χ1n) is 15.3. The molecule has 4 aromatic carbocycles. The van der Waals surface area contributed by atoms with E-state index in [-0.39, 0.29) is 42.4 Å². The highest BCUT2D eigenvalue weighted by Crippen LogP contribution is 2.42. The van der Waals surface area contributed by atoms with Gasteiger partial charge in [0.25, 0.3) is 5.91 Å². The Kier molecular flexibility index (Phi) is 9.28. The lowest BCUT2D eigenvalue weighted by atomic mass is 9.89. The number of fused-ring (bicyclic) bond motifs is 1. The van der Waals surface area contributed by atoms with Gasteiger partial charge < -0.3 is 19.9 Å². The van der Waals surface area contributed by atoms with Crippen molar-refractivity contribution in [2.75, 3.05) is 18.9 Å². The molecule has 6 rings (SSSR count). The van der Waals surface area contributed by atoms with Crippen LogP contribution in [0.2, 0.25) is 0 Å². The molecule has 45 heavy (non-hydrogen) atoms. The zero-order valence-electron chi connectivity index (χ0n) is 25.7. The maximum atomic E-state index is 12.9. The molecular weight excluding hydrogens is 564 g/mol. The van der Waals surface area contributed by atoms with Crippen LogP contribution in [0.25, 0.3) is 11.0 Å². The van der Waals surface area contributed by atoms with E-state index >= 15 is 0 Å². The standard InChI is InChI=1S/C37H38N4O4/c1-24-34(22-41(3)25(2)27-9-5-4-6-10-27)44-37(45-35(24)28-15-13-26(23-42)14-16-28)29-17-19-30(20-18-29)39-36(43)33-21-38-31-11-7-8-12-32(31)40-33/h4-21,24-25,34-35,37,42H,22-23H2,1-3H3,(H,39,43). The summed E-state index contributed by atoms with van der Waals surface area (Å²) in [6.45, 7) is 5.08. The highest BCUT2D eigenvalue weighted by molar-refractivity contribution is 6.03. The largest absolute Gasteiger partial charge is 0.392 e. The van der Waals surface area contributed by atoms with Crippen molar-refractivity contribution in [2.45, 2.75) is 45.0 Å². The molecule has 1 aliphatic rings. The summed E-state index contributed by atoms with van der Waals surface area (Å²) in [5.74, 6) is -0.268. The minimum atomic E-state index is -0.606. The van der Waals surface area contributed by atoms with E-state index in [1.54, 1.807) is 0 Å². The van der Waals surface area contributed by atoms with Crippen molar-refractivity contribution >= 4 is 22.6 Å². The van der Waals surface area contributed by atoms with Crippen molar-refractivity contribution in [2.24, 2.45) is 5.92 Å². The lowest BCUT2D eigenvalue weighted by Gasteiger charge is -2.43. The number of likely N-dealkylation sites (N-methyl/N-ethyl adjacent to an activating group) is 1. The van der Waals surface area contributed by atoms with Gasteiger partial charge in [-0.3, -0.25) is 14.7 Å². The second-order valence-corrected chi connectivity index (χ2v) is 11.7. The van der Waals surface area contributed by atoms with Crippen LogP contribution in [-0.2, 0) is 16.1 Å². The van der Waals surface area contributed by atoms with Crippen LogP contribution in [0.5, 0.6) is 0 Å². The van der Waals surface area contributed by atoms with E-state index in [9.17, 15) is 9.90 Å². The molecule has 1 fully saturated rings. The zero-order valence-corrected chi connectivity index (χ0v) is 25.7. The van der Waals surface area contributed by atoms with Crippen LogP contribution in [0.4, 0.5) is 5.69 Å². The SMILES string of the molecule is CC1C(CN(C)C(C)c2ccccc2)OC(c2ccc(NC(=O)c3cnc4ccccc4n3)cc2)OC1c1ccc(CO)cc1. The molecule has 8 heteroatoms. The van der Waals surface area contributed by atoms with Gasteiger partial charge in [-0.2, -0.15) is 0 Å². The number of aromatic nitrogens is 2. The van der Waals surface area contributed by atoms with E-state index in [4.69, 9.17) is 9.47 Å². The molecule has 0 aliphatic carbocycles. The molecule has 1 saturated heterocycles. The van der Waals surface area contributed by atoms with Crippen LogP contribution >= 0.6 is 0 Å². The van der Waals surface area contributed by atoms with Crippen LogP contribution in [0.1, 0.15) is 65.0 Å². The molecular formula is C37H38N4O4. The number of aliphatic hydroxyl groups is 1. The summed E-state index contributed by atoms with van der Waals surface area (Å²) in [6.07, 6.45) is 0.547. The van der Waals surface area contributed by atoms with Crippen LogP contribution < -0.4 is 5.32 Å². The summed E-state index contributed by atoms with van der Waals surface area (Å²) in [6, 6.07) is 33.6. The quantitative estimate of drug-likeness (QED) is 0.190. The van der Waals surface area contributed by atoms with Gasteiger partial charge in [-0.25, -0.2) is 4.98 Å². The maximum absolute atomic E-state index is 12.9. The first kappa shape index (κ1) is 30.6. The molecule has 230 valence electrons. The Morgan fingerprint density at radius 3 is 2.27 bits per heavy atom. The number of para-hydroxylation sites is 2. The Morgan fingerprint density at radius 2 is 1.56 bits per heavy atom. The van der Waals surface area contributed by atoms with E-state index in [1.807, 2.05) is 78.9 Å². The average molecular weight is 603 g/mol. The molecule has 0 radical (unpaired) electrons. The maximum Gasteiger partial charge on any atom is 0.275 e. The van der Waals surface area contributed by atoms with E-state index in [2.05, 4.69) is 65.3 Å². The minimum Gasteiger partial charge on any atom is -0.392 e. The Hall–Kier alpha value is -4.47. The lowest BCUT2D eigenvalue weighted by molar-refractivity contribution is -0.276. The highest BCUT2D eigenvalue weighted by atomic mass is 16.7. The van der Waals surface area contributed by atoms with Gasteiger partial charge in [0.05, 0.1) is 36.0 Å². The molecule has 5 aromatic rings. The summed E-state index contributed by atoms with van der Waals surface area (Å²) in [5, 5.41) is 12.5. The fourth-order valence-corrected chi connectivity index (χ4v) is 5.74. The number of amides is 1. The lowest BCUT2D eigenvalue weighted by Crippen LogP contribution is -2.44. The third-order valence-electron chi connectivity index (χ3n) is 8.66. The van der Waals surface area contributed by atoms with E-state index in [1.165, 1.54) is 11.8 Å². The van der Waals surface area contributed by atoms with Crippen molar-refractivity contribution in [1.29, 1.82) is 0 Å². The monoisotopic (exact) mass is 602 g/mol. The highest BCUT2D eigenvalue weighted by Gasteiger charge is 2.39. The normalized spacial score (nSPS) is 20.6. The predicted molar refractivity (Wildman–Crippen MR) is 174 cm³/mol. The van der Waals surface area contributed by atoms with Gasteiger partial charge >= 0.3 is 0 Å². The number of hydrogen-bond acceptors (Lipinski definition) is 7. The van der Waals surface area contributed by atoms with Crippen molar-refractivity contribution in [3.8, 4) is 0 Å². The van der Waals surface area contributed by atoms with Gasteiger partial charge in [0.15, 0.2) is 6.29 Å². The van der Waals surface area contributed by atoms with Gasteiger partial charge in [-0.15, -0.1) is 0 Å². The number of hydrogen-bond donors (Lipinski definition) is 2. The molecule has 2 heterocycles. The molecule has 0 bridgehead atoms. The van der Waals surface area contributed by atoms with Crippen LogP contribution in [0.3, 0.4) is 0 Å². The van der Waals surface area contributed by atoms with Crippen LogP contribution in [0.15, 0.2) is 109 Å². The fraction of sp³-hybridized carbons (Fsp3) is 0.270. The Balaban J connectivity index is 1.20. The molecule has 1 aromatic heterocycles. The smallest absolute Gasteiger partial charge is 0.275 e. The Bertz CT molecular complexity index is 1730. The van der Waals surface area contributed by atoms with Crippen molar-refractivity contribution < 1.29 is 19.4 Å². The van der Waals surface area contributed by atoms with Gasteiger partial charge in [0, 0.05) is 29.8 Å². The number of aliphatic hydroxyl groups excluding tert-OH is 1. The van der Waals surface area contributed by atoms with Gasteiger partial charge in [-0.05, 0) is 54.9 Å². The Morgan fingerprint density at radius 1 is 0.889 bits per heavy atom. The van der Waals surface area contributed by atoms with Crippen molar-refractivity contribution in [1.82, 2.24) is 14.9 Å². The number of carbonyl (C=O) groups is 1. The van der Waals surface area contributed by atoms with Gasteiger partial charge in [-0.1, -0.05) is 85.8 Å². The summed E-state index contributed by atoms with van der Waals surface area (Å²) in [7, 11) is 2.13. The van der Waals surface area contributed by atoms with Crippen LogP contribution in [-0.4, -0.2) is 45.6 Å². The number of rotatable bonds is 9. The van der Waals surface area contributed by atoms with Gasteiger partial charge in [0.1, 0.15) is 5.69 Å². The molecule has 5 unspecified atom stereocenters. The van der Waals surface area contributed by atoms with Crippen LogP contribution in [0, 0.1) is 5.92 Å². The third kappa shape index (κ3) is 6.95. The third-order valence-corrected chi connectivity index (χ3v) is 8.66. The summed E-state index contributed by atoms with van der Waals surface area (Å²) < 4.78 is 13.3. The number of ether oxygens (including phenoxy) is 2. The predicted octanol–water partition coefficient (Wildman–Crippen LogP) is 6.86. The first-order valence-corrected chi connectivity index (χ1v) is 15.3.